The quantitative estimate of drug-likeness (QED) is 0.202. The van der Waals surface area contributed by atoms with Gasteiger partial charge in [-0.2, -0.15) is 0 Å². The first-order chi connectivity index (χ1) is 21.2. The summed E-state index contributed by atoms with van der Waals surface area (Å²) in [6.07, 6.45) is 0.0828. The molecular weight excluding hydrogens is 572 g/mol. The Labute approximate surface area is 257 Å². The van der Waals surface area contributed by atoms with E-state index in [0.29, 0.717) is 37.3 Å². The molecule has 0 fully saturated rings. The van der Waals surface area contributed by atoms with Gasteiger partial charge in [-0.15, -0.1) is 0 Å². The molecule has 0 aromatic heterocycles. The molecule has 224 valence electrons. The van der Waals surface area contributed by atoms with Crippen LogP contribution in [0.2, 0.25) is 0 Å². The molecule has 8 nitrogen and oxygen atoms in total. The second kappa shape index (κ2) is 13.6. The van der Waals surface area contributed by atoms with Crippen molar-refractivity contribution in [2.24, 2.45) is 10.9 Å². The highest BCUT2D eigenvalue weighted by Crippen LogP contribution is 2.27. The molecule has 0 aliphatic carbocycles. The van der Waals surface area contributed by atoms with Gasteiger partial charge in [0.1, 0.15) is 0 Å². The van der Waals surface area contributed by atoms with Gasteiger partial charge >= 0.3 is 0 Å². The lowest BCUT2D eigenvalue weighted by atomic mass is 9.97. The summed E-state index contributed by atoms with van der Waals surface area (Å²) in [5.74, 6) is -0.314. The highest BCUT2D eigenvalue weighted by Gasteiger charge is 2.19. The number of nitrogens with one attached hydrogen (secondary N) is 1. The van der Waals surface area contributed by atoms with Crippen molar-refractivity contribution in [3.05, 3.63) is 138 Å². The molecule has 0 spiro atoms. The van der Waals surface area contributed by atoms with E-state index < -0.39 is 10.0 Å². The smallest absolute Gasteiger partial charge is 0.251 e. The van der Waals surface area contributed by atoms with Crippen LogP contribution in [-0.4, -0.2) is 38.2 Å². The minimum atomic E-state index is -3.83. The largest absolute Gasteiger partial charge is 0.351 e. The van der Waals surface area contributed by atoms with Crippen LogP contribution in [0.4, 0.5) is 0 Å². The van der Waals surface area contributed by atoms with E-state index >= 15 is 0 Å². The van der Waals surface area contributed by atoms with E-state index in [4.69, 9.17) is 10.9 Å². The number of nitrogens with two attached hydrogens (primary N) is 2. The Morgan fingerprint density at radius 1 is 0.750 bits per heavy atom. The molecule has 44 heavy (non-hydrogen) atoms. The predicted molar refractivity (Wildman–Crippen MR) is 173 cm³/mol. The van der Waals surface area contributed by atoms with Gasteiger partial charge in [-0.25, -0.2) is 13.6 Å². The number of sulfonamides is 1. The normalized spacial score (nSPS) is 11.3. The number of hydrogen-bond donors (Lipinski definition) is 3. The zero-order valence-corrected chi connectivity index (χ0v) is 25.0. The number of carbonyl (C=O) groups excluding carboxylic acids is 2. The van der Waals surface area contributed by atoms with Gasteiger partial charge in [0.25, 0.3) is 5.91 Å². The van der Waals surface area contributed by atoms with E-state index in [1.807, 2.05) is 84.9 Å². The molecule has 0 radical (unpaired) electrons. The van der Waals surface area contributed by atoms with Crippen LogP contribution in [0, 0.1) is 0 Å². The Balaban J connectivity index is 1.46. The maximum atomic E-state index is 13.9. The number of amides is 2. The minimum absolute atomic E-state index is 0.00452. The van der Waals surface area contributed by atoms with Crippen LogP contribution < -0.4 is 16.2 Å². The maximum absolute atomic E-state index is 13.9. The number of primary sulfonamides is 1. The topological polar surface area (TPSA) is 136 Å². The molecule has 9 heteroatoms. The highest BCUT2D eigenvalue weighted by molar-refractivity contribution is 7.89. The molecule has 5 aromatic carbocycles. The third-order valence-electron chi connectivity index (χ3n) is 7.41. The fourth-order valence-corrected chi connectivity index (χ4v) is 5.74. The van der Waals surface area contributed by atoms with Gasteiger partial charge in [0.2, 0.25) is 15.9 Å². The summed E-state index contributed by atoms with van der Waals surface area (Å²) in [7, 11) is -3.83. The number of nitrogens with zero attached hydrogens (tertiary/aromatic N) is 1. The van der Waals surface area contributed by atoms with E-state index in [2.05, 4.69) is 5.32 Å². The Morgan fingerprint density at radius 3 is 2.23 bits per heavy atom. The molecule has 0 saturated carbocycles. The van der Waals surface area contributed by atoms with Gasteiger partial charge < -0.3 is 16.0 Å². The van der Waals surface area contributed by atoms with Crippen LogP contribution >= 0.6 is 0 Å². The Bertz CT molecular complexity index is 1900. The number of hydrogen-bond acceptors (Lipinski definition) is 5. The molecule has 5 rings (SSSR count). The van der Waals surface area contributed by atoms with Crippen LogP contribution in [-0.2, 0) is 34.3 Å². The number of benzene rings is 5. The first-order valence-corrected chi connectivity index (χ1v) is 15.8. The fourth-order valence-electron chi connectivity index (χ4n) is 5.22. The van der Waals surface area contributed by atoms with Crippen molar-refractivity contribution in [2.45, 2.75) is 24.4 Å². The molecule has 0 saturated heterocycles. The fraction of sp³-hybridized carbons (Fsp3) is 0.143. The van der Waals surface area contributed by atoms with Crippen molar-refractivity contribution in [2.75, 3.05) is 13.1 Å². The van der Waals surface area contributed by atoms with Gasteiger partial charge in [-0.05, 0) is 62.9 Å². The van der Waals surface area contributed by atoms with Gasteiger partial charge in [-0.3, -0.25) is 9.59 Å². The summed E-state index contributed by atoms with van der Waals surface area (Å²) < 4.78 is 23.4. The van der Waals surface area contributed by atoms with Gasteiger partial charge in [0.15, 0.2) is 0 Å². The first-order valence-electron chi connectivity index (χ1n) is 14.3. The summed E-state index contributed by atoms with van der Waals surface area (Å²) in [6.45, 7) is 1.42. The molecule has 0 bridgehead atoms. The standard InChI is InChI=1S/C35H34N4O4S/c36-19-20-38-35(41)33-14-4-3-13-32(33)28-10-5-7-26(21-28)23-39(24-29-11-6-9-27-8-1-2-12-31(27)29)34(40)22-25-15-17-30(18-16-25)44(37,42)43/h1-18,21H,19-20,22-24,36H2,(H,38,41)(H2,37,42,43). The van der Waals surface area contributed by atoms with Gasteiger partial charge in [-0.1, -0.05) is 91.0 Å². The van der Waals surface area contributed by atoms with Crippen molar-refractivity contribution in [3.8, 4) is 11.1 Å². The van der Waals surface area contributed by atoms with Crippen LogP contribution in [0.1, 0.15) is 27.0 Å². The maximum Gasteiger partial charge on any atom is 0.251 e. The van der Waals surface area contributed by atoms with E-state index in [1.165, 1.54) is 12.1 Å². The van der Waals surface area contributed by atoms with E-state index in [1.54, 1.807) is 23.1 Å². The Kier molecular flexibility index (Phi) is 9.50. The minimum Gasteiger partial charge on any atom is -0.351 e. The molecular formula is C35H34N4O4S. The van der Waals surface area contributed by atoms with E-state index in [0.717, 1.165) is 33.0 Å². The zero-order valence-electron chi connectivity index (χ0n) is 24.1. The summed E-state index contributed by atoms with van der Waals surface area (Å²) in [4.78, 5) is 28.5. The Hall–Kier alpha value is -4.83. The summed E-state index contributed by atoms with van der Waals surface area (Å²) >= 11 is 0. The van der Waals surface area contributed by atoms with Crippen LogP contribution in [0.5, 0.6) is 0 Å². The zero-order chi connectivity index (χ0) is 31.1. The number of carbonyl (C=O) groups is 2. The average Bonchev–Trinajstić information content (AvgIpc) is 3.03. The molecule has 2 amide bonds. The number of fused-ring (bicyclic) bond motifs is 1. The SMILES string of the molecule is NCCNC(=O)c1ccccc1-c1cccc(CN(Cc2cccc3ccccc23)C(=O)Cc2ccc(S(N)(=O)=O)cc2)c1. The van der Waals surface area contributed by atoms with Crippen molar-refractivity contribution < 1.29 is 18.0 Å². The van der Waals surface area contributed by atoms with Crippen molar-refractivity contribution in [1.29, 1.82) is 0 Å². The van der Waals surface area contributed by atoms with Crippen LogP contribution in [0.25, 0.3) is 21.9 Å². The molecule has 0 unspecified atom stereocenters. The lowest BCUT2D eigenvalue weighted by Crippen LogP contribution is -2.31. The third-order valence-corrected chi connectivity index (χ3v) is 8.34. The van der Waals surface area contributed by atoms with Crippen molar-refractivity contribution >= 4 is 32.6 Å². The summed E-state index contributed by atoms with van der Waals surface area (Å²) in [5.41, 5.74) is 10.4. The predicted octanol–water partition coefficient (Wildman–Crippen LogP) is 4.61. The van der Waals surface area contributed by atoms with Crippen molar-refractivity contribution in [1.82, 2.24) is 10.2 Å². The van der Waals surface area contributed by atoms with E-state index in [-0.39, 0.29) is 23.1 Å². The molecule has 0 heterocycles. The molecule has 5 N–H and O–H groups in total. The van der Waals surface area contributed by atoms with Crippen LogP contribution in [0.3, 0.4) is 0 Å². The molecule has 0 aliphatic heterocycles. The lowest BCUT2D eigenvalue weighted by Gasteiger charge is -2.24. The average molecular weight is 607 g/mol. The highest BCUT2D eigenvalue weighted by atomic mass is 32.2. The molecule has 0 atom stereocenters. The molecule has 5 aromatic rings. The summed E-state index contributed by atoms with van der Waals surface area (Å²) in [6, 6.07) is 35.4. The van der Waals surface area contributed by atoms with E-state index in [9.17, 15) is 18.0 Å². The second-order valence-corrected chi connectivity index (χ2v) is 12.1. The Morgan fingerprint density at radius 2 is 1.45 bits per heavy atom. The van der Waals surface area contributed by atoms with Crippen LogP contribution in [0.15, 0.2) is 120 Å². The second-order valence-electron chi connectivity index (χ2n) is 10.5. The van der Waals surface area contributed by atoms with Gasteiger partial charge in [0.05, 0.1) is 11.3 Å². The monoisotopic (exact) mass is 606 g/mol. The third kappa shape index (κ3) is 7.38. The first kappa shape index (κ1) is 30.6. The van der Waals surface area contributed by atoms with Gasteiger partial charge in [0, 0.05) is 31.7 Å². The lowest BCUT2D eigenvalue weighted by molar-refractivity contribution is -0.131. The van der Waals surface area contributed by atoms with Crippen molar-refractivity contribution in [3.63, 3.8) is 0 Å². The molecule has 0 aliphatic rings. The summed E-state index contributed by atoms with van der Waals surface area (Å²) in [5, 5.41) is 10.2. The number of rotatable bonds is 11.